The standard InChI is InChI=1S/C4H6O2.C2H6/c1-4-2-5-3-6-4;1-2/h2H,3H2,1H3;1-2H3. The summed E-state index contributed by atoms with van der Waals surface area (Å²) in [6.07, 6.45) is 1.60. The Bertz CT molecular complexity index is 76.6. The predicted molar refractivity (Wildman–Crippen MR) is 32.1 cm³/mol. The summed E-state index contributed by atoms with van der Waals surface area (Å²) in [5.74, 6) is 0.856. The number of hydrogen-bond acceptors (Lipinski definition) is 2. The fourth-order valence-electron chi connectivity index (χ4n) is 0.312. The average molecular weight is 116 g/mol. The van der Waals surface area contributed by atoms with Crippen LogP contribution in [0.1, 0.15) is 20.8 Å². The van der Waals surface area contributed by atoms with E-state index in [4.69, 9.17) is 4.74 Å². The van der Waals surface area contributed by atoms with Crippen LogP contribution in [0, 0.1) is 0 Å². The van der Waals surface area contributed by atoms with Crippen molar-refractivity contribution >= 4 is 0 Å². The van der Waals surface area contributed by atoms with E-state index in [0.29, 0.717) is 6.79 Å². The first-order chi connectivity index (χ1) is 3.89. The van der Waals surface area contributed by atoms with E-state index in [1.165, 1.54) is 0 Å². The lowest BCUT2D eigenvalue weighted by molar-refractivity contribution is 0.0813. The van der Waals surface area contributed by atoms with Crippen molar-refractivity contribution in [3.63, 3.8) is 0 Å². The summed E-state index contributed by atoms with van der Waals surface area (Å²) < 4.78 is 9.46. The molecule has 0 aromatic carbocycles. The first-order valence-corrected chi connectivity index (χ1v) is 2.81. The lowest BCUT2D eigenvalue weighted by Crippen LogP contribution is -1.78. The Labute approximate surface area is 50.1 Å². The van der Waals surface area contributed by atoms with Gasteiger partial charge in [-0.2, -0.15) is 0 Å². The minimum atomic E-state index is 0.395. The lowest BCUT2D eigenvalue weighted by Gasteiger charge is -1.87. The van der Waals surface area contributed by atoms with Crippen molar-refractivity contribution in [1.29, 1.82) is 0 Å². The van der Waals surface area contributed by atoms with Crippen molar-refractivity contribution in [2.45, 2.75) is 20.8 Å². The number of allylic oxidation sites excluding steroid dienone is 1. The van der Waals surface area contributed by atoms with Gasteiger partial charge in [0, 0.05) is 0 Å². The molecule has 0 saturated carbocycles. The van der Waals surface area contributed by atoms with Crippen LogP contribution in [0.5, 0.6) is 0 Å². The maximum atomic E-state index is 4.79. The van der Waals surface area contributed by atoms with E-state index in [2.05, 4.69) is 4.74 Å². The van der Waals surface area contributed by atoms with Crippen LogP contribution in [0.15, 0.2) is 12.0 Å². The van der Waals surface area contributed by atoms with Crippen LogP contribution in [-0.4, -0.2) is 6.79 Å². The maximum Gasteiger partial charge on any atom is 0.229 e. The minimum Gasteiger partial charge on any atom is -0.462 e. The van der Waals surface area contributed by atoms with Gasteiger partial charge in [-0.25, -0.2) is 0 Å². The number of ether oxygens (including phenoxy) is 2. The zero-order chi connectivity index (χ0) is 6.41. The van der Waals surface area contributed by atoms with Crippen molar-refractivity contribution in [3.05, 3.63) is 12.0 Å². The molecule has 0 spiro atoms. The molecule has 2 nitrogen and oxygen atoms in total. The van der Waals surface area contributed by atoms with Crippen LogP contribution < -0.4 is 0 Å². The van der Waals surface area contributed by atoms with Gasteiger partial charge in [0.05, 0.1) is 0 Å². The van der Waals surface area contributed by atoms with Gasteiger partial charge in [0.1, 0.15) is 12.0 Å². The summed E-state index contributed by atoms with van der Waals surface area (Å²) in [6.45, 7) is 6.25. The van der Waals surface area contributed by atoms with Gasteiger partial charge in [0.25, 0.3) is 0 Å². The predicted octanol–water partition coefficient (Wildman–Crippen LogP) is 1.88. The molecule has 1 aliphatic heterocycles. The molecule has 0 fully saturated rings. The highest BCUT2D eigenvalue weighted by molar-refractivity contribution is 4.83. The number of rotatable bonds is 0. The zero-order valence-electron chi connectivity index (χ0n) is 5.60. The fourth-order valence-corrected chi connectivity index (χ4v) is 0.312. The molecule has 1 aliphatic rings. The first-order valence-electron chi connectivity index (χ1n) is 2.81. The summed E-state index contributed by atoms with van der Waals surface area (Å²) in [6, 6.07) is 0. The van der Waals surface area contributed by atoms with Crippen molar-refractivity contribution in [2.75, 3.05) is 6.79 Å². The first kappa shape index (κ1) is 7.34. The molecule has 2 heteroatoms. The Kier molecular flexibility index (Phi) is 4.13. The second-order valence-electron chi connectivity index (χ2n) is 1.16. The van der Waals surface area contributed by atoms with Crippen molar-refractivity contribution in [3.8, 4) is 0 Å². The molecule has 48 valence electrons. The van der Waals surface area contributed by atoms with Crippen molar-refractivity contribution in [2.24, 2.45) is 0 Å². The van der Waals surface area contributed by atoms with Crippen LogP contribution in [0.4, 0.5) is 0 Å². The van der Waals surface area contributed by atoms with Gasteiger partial charge in [-0.05, 0) is 6.92 Å². The largest absolute Gasteiger partial charge is 0.462 e. The molecule has 0 aromatic heterocycles. The molecule has 0 aromatic rings. The summed E-state index contributed by atoms with van der Waals surface area (Å²) in [4.78, 5) is 0. The Morgan fingerprint density at radius 2 is 2.12 bits per heavy atom. The van der Waals surface area contributed by atoms with Gasteiger partial charge in [0.2, 0.25) is 6.79 Å². The molecular formula is C6H12O2. The van der Waals surface area contributed by atoms with Crippen LogP contribution in [-0.2, 0) is 9.47 Å². The van der Waals surface area contributed by atoms with Gasteiger partial charge >= 0.3 is 0 Å². The van der Waals surface area contributed by atoms with Gasteiger partial charge < -0.3 is 9.47 Å². The Hall–Kier alpha value is -0.660. The van der Waals surface area contributed by atoms with Crippen LogP contribution >= 0.6 is 0 Å². The quantitative estimate of drug-likeness (QED) is 0.481. The molecular weight excluding hydrogens is 104 g/mol. The molecule has 0 atom stereocenters. The van der Waals surface area contributed by atoms with Crippen LogP contribution in [0.3, 0.4) is 0 Å². The fraction of sp³-hybridized carbons (Fsp3) is 0.667. The highest BCUT2D eigenvalue weighted by Crippen LogP contribution is 2.02. The molecule has 0 amide bonds. The average Bonchev–Trinajstić information content (AvgIpc) is 2.24. The topological polar surface area (TPSA) is 18.5 Å². The summed E-state index contributed by atoms with van der Waals surface area (Å²) in [7, 11) is 0. The Morgan fingerprint density at radius 1 is 1.50 bits per heavy atom. The zero-order valence-corrected chi connectivity index (χ0v) is 5.60. The van der Waals surface area contributed by atoms with Crippen LogP contribution in [0.25, 0.3) is 0 Å². The van der Waals surface area contributed by atoms with E-state index < -0.39 is 0 Å². The molecule has 0 N–H and O–H groups in total. The molecule has 1 rings (SSSR count). The molecule has 0 bridgehead atoms. The SMILES string of the molecule is CC.CC1=COCO1. The molecule has 0 radical (unpaired) electrons. The summed E-state index contributed by atoms with van der Waals surface area (Å²) >= 11 is 0. The third-order valence-corrected chi connectivity index (χ3v) is 0.604. The van der Waals surface area contributed by atoms with E-state index in [-0.39, 0.29) is 0 Å². The highest BCUT2D eigenvalue weighted by atomic mass is 16.7. The third kappa shape index (κ3) is 2.50. The maximum absolute atomic E-state index is 4.79. The van der Waals surface area contributed by atoms with Crippen molar-refractivity contribution in [1.82, 2.24) is 0 Å². The van der Waals surface area contributed by atoms with E-state index in [0.717, 1.165) is 5.76 Å². The summed E-state index contributed by atoms with van der Waals surface area (Å²) in [5.41, 5.74) is 0. The van der Waals surface area contributed by atoms with E-state index in [1.54, 1.807) is 6.26 Å². The molecule has 0 saturated heterocycles. The molecule has 0 unspecified atom stereocenters. The second kappa shape index (κ2) is 4.50. The van der Waals surface area contributed by atoms with Gasteiger partial charge in [-0.1, -0.05) is 13.8 Å². The van der Waals surface area contributed by atoms with Gasteiger partial charge in [-0.3, -0.25) is 0 Å². The number of hydrogen-bond donors (Lipinski definition) is 0. The smallest absolute Gasteiger partial charge is 0.229 e. The van der Waals surface area contributed by atoms with Crippen molar-refractivity contribution < 1.29 is 9.47 Å². The highest BCUT2D eigenvalue weighted by Gasteiger charge is 1.94. The van der Waals surface area contributed by atoms with E-state index >= 15 is 0 Å². The molecule has 1 heterocycles. The van der Waals surface area contributed by atoms with E-state index in [9.17, 15) is 0 Å². The second-order valence-corrected chi connectivity index (χ2v) is 1.16. The third-order valence-electron chi connectivity index (χ3n) is 0.604. The minimum absolute atomic E-state index is 0.395. The van der Waals surface area contributed by atoms with Gasteiger partial charge in [-0.15, -0.1) is 0 Å². The lowest BCUT2D eigenvalue weighted by atomic mass is 10.7. The Balaban J connectivity index is 0.000000222. The summed E-state index contributed by atoms with van der Waals surface area (Å²) in [5, 5.41) is 0. The normalized spacial score (nSPS) is 14.6. The Morgan fingerprint density at radius 3 is 2.25 bits per heavy atom. The van der Waals surface area contributed by atoms with Gasteiger partial charge in [0.15, 0.2) is 0 Å². The monoisotopic (exact) mass is 116 g/mol. The molecule has 0 aliphatic carbocycles. The van der Waals surface area contributed by atoms with E-state index in [1.807, 2.05) is 20.8 Å². The van der Waals surface area contributed by atoms with Crippen LogP contribution in [0.2, 0.25) is 0 Å². The molecule has 8 heavy (non-hydrogen) atoms.